The van der Waals surface area contributed by atoms with Crippen LogP contribution in [0.4, 0.5) is 0 Å². The van der Waals surface area contributed by atoms with Crippen LogP contribution in [-0.4, -0.2) is 33.4 Å². The Bertz CT molecular complexity index is 406. The number of nitrogens with two attached hydrogens (primary N) is 1. The minimum absolute atomic E-state index is 0.195. The smallest absolute Gasteiger partial charge is 0.233 e. The molecule has 0 saturated carbocycles. The summed E-state index contributed by atoms with van der Waals surface area (Å²) < 4.78 is 5.49. The molecule has 0 spiro atoms. The third kappa shape index (κ3) is 3.11. The highest BCUT2D eigenvalue weighted by Gasteiger charge is 2.34. The number of aromatic nitrogens is 2. The van der Waals surface area contributed by atoms with E-state index in [1.54, 1.807) is 0 Å². The second-order valence-electron chi connectivity index (χ2n) is 5.18. The van der Waals surface area contributed by atoms with Gasteiger partial charge in [-0.15, -0.1) is 11.8 Å². The van der Waals surface area contributed by atoms with E-state index in [0.717, 1.165) is 24.4 Å². The standard InChI is InChI=1S/C13H23N3OS2/c1-4-9-10(19-7-6-18-9)11-15-12(17-16-11)13(3,5-2)8-14/h9-10H,4-8,14H2,1-3H3. The number of nitrogens with zero attached hydrogens (tertiary/aromatic N) is 2. The van der Waals surface area contributed by atoms with Gasteiger partial charge in [-0.05, 0) is 19.8 Å². The fraction of sp³-hybridized carbons (Fsp3) is 0.846. The first kappa shape index (κ1) is 15.2. The summed E-state index contributed by atoms with van der Waals surface area (Å²) in [4.78, 5) is 4.65. The molecular weight excluding hydrogens is 278 g/mol. The van der Waals surface area contributed by atoms with E-state index in [0.29, 0.717) is 22.9 Å². The molecule has 2 N–H and O–H groups in total. The van der Waals surface area contributed by atoms with Gasteiger partial charge in [0.05, 0.1) is 10.7 Å². The zero-order chi connectivity index (χ0) is 13.9. The van der Waals surface area contributed by atoms with Crippen LogP contribution in [0.15, 0.2) is 4.52 Å². The van der Waals surface area contributed by atoms with Crippen molar-refractivity contribution in [2.24, 2.45) is 5.73 Å². The largest absolute Gasteiger partial charge is 0.339 e. The van der Waals surface area contributed by atoms with Crippen molar-refractivity contribution < 1.29 is 4.52 Å². The van der Waals surface area contributed by atoms with Gasteiger partial charge in [-0.3, -0.25) is 0 Å². The molecule has 1 aromatic rings. The van der Waals surface area contributed by atoms with Gasteiger partial charge >= 0.3 is 0 Å². The summed E-state index contributed by atoms with van der Waals surface area (Å²) >= 11 is 3.98. The van der Waals surface area contributed by atoms with Crippen molar-refractivity contribution in [1.82, 2.24) is 10.1 Å². The van der Waals surface area contributed by atoms with Crippen molar-refractivity contribution >= 4 is 23.5 Å². The highest BCUT2D eigenvalue weighted by Crippen LogP contribution is 2.43. The van der Waals surface area contributed by atoms with Crippen molar-refractivity contribution in [2.75, 3.05) is 18.1 Å². The maximum Gasteiger partial charge on any atom is 0.233 e. The predicted octanol–water partition coefficient (Wildman–Crippen LogP) is 3.00. The summed E-state index contributed by atoms with van der Waals surface area (Å²) in [5.41, 5.74) is 5.66. The average molecular weight is 301 g/mol. The van der Waals surface area contributed by atoms with Crippen LogP contribution in [0.25, 0.3) is 0 Å². The predicted molar refractivity (Wildman–Crippen MR) is 82.7 cm³/mol. The van der Waals surface area contributed by atoms with E-state index in [4.69, 9.17) is 10.3 Å². The Hall–Kier alpha value is -0.200. The van der Waals surface area contributed by atoms with Gasteiger partial charge in [0.15, 0.2) is 5.82 Å². The lowest BCUT2D eigenvalue weighted by Crippen LogP contribution is -2.31. The van der Waals surface area contributed by atoms with Crippen LogP contribution in [0.5, 0.6) is 0 Å². The highest BCUT2D eigenvalue weighted by molar-refractivity contribution is 8.06. The molecule has 2 heterocycles. The molecule has 0 amide bonds. The summed E-state index contributed by atoms with van der Waals surface area (Å²) in [5.74, 6) is 3.93. The quantitative estimate of drug-likeness (QED) is 0.902. The minimum atomic E-state index is -0.195. The fourth-order valence-electron chi connectivity index (χ4n) is 2.12. The van der Waals surface area contributed by atoms with Crippen molar-refractivity contribution in [2.45, 2.75) is 49.5 Å². The van der Waals surface area contributed by atoms with Gasteiger partial charge in [-0.25, -0.2) is 0 Å². The van der Waals surface area contributed by atoms with Crippen LogP contribution < -0.4 is 5.73 Å². The van der Waals surface area contributed by atoms with Gasteiger partial charge in [-0.2, -0.15) is 16.7 Å². The summed E-state index contributed by atoms with van der Waals surface area (Å²) in [7, 11) is 0. The lowest BCUT2D eigenvalue weighted by molar-refractivity contribution is 0.289. The van der Waals surface area contributed by atoms with Gasteiger partial charge in [0.25, 0.3) is 0 Å². The Morgan fingerprint density at radius 3 is 2.74 bits per heavy atom. The molecule has 4 nitrogen and oxygen atoms in total. The topological polar surface area (TPSA) is 64.9 Å². The molecule has 0 aromatic carbocycles. The summed E-state index contributed by atoms with van der Waals surface area (Å²) in [6.45, 7) is 6.96. The first-order valence-corrected chi connectivity index (χ1v) is 9.01. The van der Waals surface area contributed by atoms with E-state index in [2.05, 4.69) is 30.9 Å². The van der Waals surface area contributed by atoms with Gasteiger partial charge < -0.3 is 10.3 Å². The molecule has 3 atom stereocenters. The molecule has 1 aliphatic heterocycles. The number of hydrogen-bond donors (Lipinski definition) is 1. The number of thioether (sulfide) groups is 2. The maximum atomic E-state index is 5.85. The summed E-state index contributed by atoms with van der Waals surface area (Å²) in [5, 5.41) is 5.18. The van der Waals surface area contributed by atoms with Crippen LogP contribution in [0.2, 0.25) is 0 Å². The Balaban J connectivity index is 2.20. The van der Waals surface area contributed by atoms with E-state index in [9.17, 15) is 0 Å². The van der Waals surface area contributed by atoms with Gasteiger partial charge in [-0.1, -0.05) is 19.0 Å². The highest BCUT2D eigenvalue weighted by atomic mass is 32.2. The summed E-state index contributed by atoms with van der Waals surface area (Å²) in [6.07, 6.45) is 2.06. The van der Waals surface area contributed by atoms with E-state index in [-0.39, 0.29) is 5.41 Å². The van der Waals surface area contributed by atoms with Gasteiger partial charge in [0.1, 0.15) is 0 Å². The Morgan fingerprint density at radius 1 is 1.37 bits per heavy atom. The second-order valence-corrected chi connectivity index (χ2v) is 7.78. The molecule has 0 bridgehead atoms. The van der Waals surface area contributed by atoms with Gasteiger partial charge in [0, 0.05) is 23.3 Å². The molecule has 1 saturated heterocycles. The molecule has 0 aliphatic carbocycles. The third-order valence-electron chi connectivity index (χ3n) is 3.90. The first-order chi connectivity index (χ1) is 9.14. The molecule has 6 heteroatoms. The van der Waals surface area contributed by atoms with Crippen molar-refractivity contribution in [3.63, 3.8) is 0 Å². The van der Waals surface area contributed by atoms with Crippen LogP contribution in [0.1, 0.15) is 50.6 Å². The molecular formula is C13H23N3OS2. The van der Waals surface area contributed by atoms with E-state index in [1.165, 1.54) is 5.75 Å². The van der Waals surface area contributed by atoms with Crippen LogP contribution in [0, 0.1) is 0 Å². The zero-order valence-electron chi connectivity index (χ0n) is 11.9. The molecule has 0 radical (unpaired) electrons. The zero-order valence-corrected chi connectivity index (χ0v) is 13.5. The lowest BCUT2D eigenvalue weighted by Gasteiger charge is -2.27. The van der Waals surface area contributed by atoms with Crippen LogP contribution in [0.3, 0.4) is 0 Å². The minimum Gasteiger partial charge on any atom is -0.339 e. The third-order valence-corrected chi connectivity index (χ3v) is 7.14. The van der Waals surface area contributed by atoms with Crippen molar-refractivity contribution in [1.29, 1.82) is 0 Å². The Morgan fingerprint density at radius 2 is 2.11 bits per heavy atom. The SMILES string of the molecule is CCC1SCCSC1c1noc(C(C)(CC)CN)n1. The Labute approximate surface area is 123 Å². The normalized spacial score (nSPS) is 27.2. The van der Waals surface area contributed by atoms with E-state index >= 15 is 0 Å². The monoisotopic (exact) mass is 301 g/mol. The van der Waals surface area contributed by atoms with E-state index in [1.807, 2.05) is 23.5 Å². The molecule has 19 heavy (non-hydrogen) atoms. The molecule has 1 aliphatic rings. The van der Waals surface area contributed by atoms with E-state index < -0.39 is 0 Å². The Kier molecular flexibility index (Phi) is 5.20. The van der Waals surface area contributed by atoms with Crippen molar-refractivity contribution in [3.05, 3.63) is 11.7 Å². The lowest BCUT2D eigenvalue weighted by atomic mass is 9.88. The number of rotatable bonds is 5. The molecule has 108 valence electrons. The van der Waals surface area contributed by atoms with Crippen LogP contribution >= 0.6 is 23.5 Å². The first-order valence-electron chi connectivity index (χ1n) is 6.92. The van der Waals surface area contributed by atoms with Crippen molar-refractivity contribution in [3.8, 4) is 0 Å². The number of hydrogen-bond acceptors (Lipinski definition) is 6. The van der Waals surface area contributed by atoms with Crippen LogP contribution in [-0.2, 0) is 5.41 Å². The summed E-state index contributed by atoms with van der Waals surface area (Å²) in [6, 6.07) is 0. The second kappa shape index (κ2) is 6.50. The molecule has 1 fully saturated rings. The maximum absolute atomic E-state index is 5.85. The molecule has 2 rings (SSSR count). The van der Waals surface area contributed by atoms with Gasteiger partial charge in [0.2, 0.25) is 5.89 Å². The molecule has 1 aromatic heterocycles. The average Bonchev–Trinajstić information content (AvgIpc) is 2.96. The molecule has 3 unspecified atom stereocenters. The fourth-order valence-corrected chi connectivity index (χ4v) is 5.10.